The molecule has 0 unspecified atom stereocenters. The van der Waals surface area contributed by atoms with E-state index in [0.717, 1.165) is 29.5 Å². The number of tetrazole rings is 1. The monoisotopic (exact) mass is 451 g/mol. The quantitative estimate of drug-likeness (QED) is 0.449. The summed E-state index contributed by atoms with van der Waals surface area (Å²) in [6.45, 7) is 5.85. The van der Waals surface area contributed by atoms with Crippen LogP contribution < -0.4 is 0 Å². The number of amides is 1. The van der Waals surface area contributed by atoms with E-state index < -0.39 is 12.0 Å². The van der Waals surface area contributed by atoms with Crippen molar-refractivity contribution in [3.63, 3.8) is 0 Å². The molecule has 2 aromatic carbocycles. The fourth-order valence-electron chi connectivity index (χ4n) is 3.82. The molecule has 1 amide bonds. The highest BCUT2D eigenvalue weighted by atomic mass is 16.5. The molecule has 0 aliphatic heterocycles. The number of carboxylic acid groups (broad SMARTS) is 1. The van der Waals surface area contributed by atoms with Gasteiger partial charge >= 0.3 is 5.97 Å². The van der Waals surface area contributed by atoms with E-state index in [-0.39, 0.29) is 18.4 Å². The second-order valence-electron chi connectivity index (χ2n) is 8.28. The van der Waals surface area contributed by atoms with E-state index in [1.807, 2.05) is 69.3 Å². The van der Waals surface area contributed by atoms with Gasteiger partial charge < -0.3 is 15.2 Å². The van der Waals surface area contributed by atoms with Crippen molar-refractivity contribution in [3.05, 3.63) is 54.1 Å². The van der Waals surface area contributed by atoms with Crippen molar-refractivity contribution >= 4 is 11.9 Å². The summed E-state index contributed by atoms with van der Waals surface area (Å²) in [6, 6.07) is 14.2. The normalized spacial score (nSPS) is 12.0. The lowest BCUT2D eigenvalue weighted by Crippen LogP contribution is -2.47. The van der Waals surface area contributed by atoms with Crippen molar-refractivity contribution in [1.82, 2.24) is 25.3 Å². The number of carbonyl (C=O) groups is 2. The average molecular weight is 452 g/mol. The SMILES string of the molecule is CCCCC(=O)N(Cc1ccc(-c2ccccc2-c2nnn(O)n2)cc1)[C@@H](C(=O)O)C(C)C. The Bertz CT molecular complexity index is 1090. The molecular formula is C24H29N5O4. The summed E-state index contributed by atoms with van der Waals surface area (Å²) in [7, 11) is 0. The first-order valence-electron chi connectivity index (χ1n) is 11.0. The van der Waals surface area contributed by atoms with Crippen molar-refractivity contribution in [1.29, 1.82) is 0 Å². The number of nitrogens with zero attached hydrogens (tertiary/aromatic N) is 5. The maximum atomic E-state index is 12.9. The van der Waals surface area contributed by atoms with Gasteiger partial charge in [-0.2, -0.15) is 0 Å². The lowest BCUT2D eigenvalue weighted by molar-refractivity contribution is -0.153. The number of carbonyl (C=O) groups excluding carboxylic acids is 1. The molecule has 0 radical (unpaired) electrons. The zero-order valence-corrected chi connectivity index (χ0v) is 19.0. The number of carboxylic acids is 1. The summed E-state index contributed by atoms with van der Waals surface area (Å²) in [5, 5.41) is 30.4. The number of rotatable bonds is 10. The molecule has 1 aromatic heterocycles. The van der Waals surface area contributed by atoms with Crippen molar-refractivity contribution in [3.8, 4) is 22.5 Å². The zero-order valence-electron chi connectivity index (χ0n) is 19.0. The molecule has 0 aliphatic carbocycles. The van der Waals surface area contributed by atoms with Gasteiger partial charge in [0, 0.05) is 23.5 Å². The molecule has 1 heterocycles. The van der Waals surface area contributed by atoms with Crippen LogP contribution in [0.2, 0.25) is 0 Å². The minimum Gasteiger partial charge on any atom is -0.480 e. The third-order valence-electron chi connectivity index (χ3n) is 5.47. The Morgan fingerprint density at radius 3 is 2.27 bits per heavy atom. The van der Waals surface area contributed by atoms with Gasteiger partial charge in [-0.3, -0.25) is 4.79 Å². The molecule has 1 atom stereocenters. The number of aromatic nitrogens is 4. The largest absolute Gasteiger partial charge is 0.480 e. The average Bonchev–Trinajstić information content (AvgIpc) is 3.23. The van der Waals surface area contributed by atoms with Gasteiger partial charge in [0.1, 0.15) is 6.04 Å². The van der Waals surface area contributed by atoms with E-state index in [4.69, 9.17) is 0 Å². The Balaban J connectivity index is 1.88. The van der Waals surface area contributed by atoms with E-state index in [0.29, 0.717) is 22.8 Å². The zero-order chi connectivity index (χ0) is 24.0. The van der Waals surface area contributed by atoms with Crippen LogP contribution in [0.25, 0.3) is 22.5 Å². The molecule has 0 bridgehead atoms. The fraction of sp³-hybridized carbons (Fsp3) is 0.375. The predicted molar refractivity (Wildman–Crippen MR) is 122 cm³/mol. The molecule has 9 nitrogen and oxygen atoms in total. The van der Waals surface area contributed by atoms with Crippen LogP contribution in [0.3, 0.4) is 0 Å². The standard InChI is InChI=1S/C24H29N5O4/c1-4-5-10-21(30)28(22(16(2)3)24(31)32)15-17-11-13-18(14-12-17)19-8-6-7-9-20(19)23-25-27-29(33)26-23/h6-9,11-14,16,22,33H,4-5,10,15H2,1-3H3,(H,31,32)/t22-/m1/s1. The van der Waals surface area contributed by atoms with Crippen molar-refractivity contribution in [2.24, 2.45) is 5.92 Å². The molecule has 33 heavy (non-hydrogen) atoms. The van der Waals surface area contributed by atoms with Crippen LogP contribution in [0.5, 0.6) is 0 Å². The number of benzene rings is 2. The summed E-state index contributed by atoms with van der Waals surface area (Å²) in [6.07, 6.45) is 1.92. The molecule has 0 fully saturated rings. The number of hydrogen-bond donors (Lipinski definition) is 2. The predicted octanol–water partition coefficient (Wildman–Crippen LogP) is 3.87. The van der Waals surface area contributed by atoms with E-state index in [1.54, 1.807) is 0 Å². The van der Waals surface area contributed by atoms with Crippen LogP contribution in [-0.2, 0) is 16.1 Å². The third-order valence-corrected chi connectivity index (χ3v) is 5.47. The number of hydrogen-bond acceptors (Lipinski definition) is 6. The first-order chi connectivity index (χ1) is 15.8. The Labute approximate surface area is 192 Å². The molecule has 9 heteroatoms. The molecule has 3 rings (SSSR count). The second-order valence-corrected chi connectivity index (χ2v) is 8.28. The first kappa shape index (κ1) is 23.9. The van der Waals surface area contributed by atoms with E-state index in [2.05, 4.69) is 15.4 Å². The lowest BCUT2D eigenvalue weighted by Gasteiger charge is -2.32. The van der Waals surface area contributed by atoms with Crippen molar-refractivity contribution in [2.75, 3.05) is 0 Å². The molecule has 0 saturated carbocycles. The van der Waals surface area contributed by atoms with E-state index in [1.165, 1.54) is 4.90 Å². The summed E-state index contributed by atoms with van der Waals surface area (Å²) in [5.74, 6) is -1.06. The minimum absolute atomic E-state index is 0.148. The van der Waals surface area contributed by atoms with Crippen LogP contribution in [0, 0.1) is 5.92 Å². The van der Waals surface area contributed by atoms with Gasteiger partial charge in [-0.15, -0.1) is 5.10 Å². The van der Waals surface area contributed by atoms with E-state index >= 15 is 0 Å². The van der Waals surface area contributed by atoms with Crippen LogP contribution in [0.1, 0.15) is 45.6 Å². The number of aliphatic carboxylic acids is 1. The smallest absolute Gasteiger partial charge is 0.326 e. The maximum absolute atomic E-state index is 12.9. The third kappa shape index (κ3) is 5.74. The highest BCUT2D eigenvalue weighted by Crippen LogP contribution is 2.30. The molecule has 174 valence electrons. The minimum atomic E-state index is -0.996. The van der Waals surface area contributed by atoms with Gasteiger partial charge in [0.15, 0.2) is 0 Å². The molecular weight excluding hydrogens is 422 g/mol. The van der Waals surface area contributed by atoms with Crippen LogP contribution >= 0.6 is 0 Å². The number of unbranched alkanes of at least 4 members (excludes halogenated alkanes) is 1. The summed E-state index contributed by atoms with van der Waals surface area (Å²) in [5.41, 5.74) is 3.31. The van der Waals surface area contributed by atoms with E-state index in [9.17, 15) is 19.9 Å². The maximum Gasteiger partial charge on any atom is 0.326 e. The second kappa shape index (κ2) is 10.7. The van der Waals surface area contributed by atoms with Gasteiger partial charge in [0.05, 0.1) is 0 Å². The molecule has 0 aliphatic rings. The van der Waals surface area contributed by atoms with Crippen molar-refractivity contribution < 1.29 is 19.9 Å². The van der Waals surface area contributed by atoms with Gasteiger partial charge in [0.2, 0.25) is 11.7 Å². The topological polar surface area (TPSA) is 121 Å². The van der Waals surface area contributed by atoms with Gasteiger partial charge in [-0.1, -0.05) is 80.8 Å². The Morgan fingerprint density at radius 2 is 1.73 bits per heavy atom. The molecule has 3 aromatic rings. The molecule has 0 saturated heterocycles. The highest BCUT2D eigenvalue weighted by Gasteiger charge is 2.32. The van der Waals surface area contributed by atoms with Crippen molar-refractivity contribution in [2.45, 2.75) is 52.6 Å². The summed E-state index contributed by atoms with van der Waals surface area (Å²) in [4.78, 5) is 26.7. The molecule has 2 N–H and O–H groups in total. The Morgan fingerprint density at radius 1 is 1.06 bits per heavy atom. The Kier molecular flexibility index (Phi) is 7.76. The van der Waals surface area contributed by atoms with Gasteiger partial charge in [-0.25, -0.2) is 4.79 Å². The summed E-state index contributed by atoms with van der Waals surface area (Å²) >= 11 is 0. The van der Waals surface area contributed by atoms with Crippen LogP contribution in [-0.4, -0.2) is 53.5 Å². The van der Waals surface area contributed by atoms with Gasteiger partial charge in [-0.05, 0) is 34.2 Å². The first-order valence-corrected chi connectivity index (χ1v) is 11.0. The highest BCUT2D eigenvalue weighted by molar-refractivity contribution is 5.84. The summed E-state index contributed by atoms with van der Waals surface area (Å²) < 4.78 is 0. The lowest BCUT2D eigenvalue weighted by atomic mass is 9.97. The van der Waals surface area contributed by atoms with Crippen LogP contribution in [0.15, 0.2) is 48.5 Å². The van der Waals surface area contributed by atoms with Gasteiger partial charge in [0.25, 0.3) is 0 Å². The van der Waals surface area contributed by atoms with Crippen LogP contribution in [0.4, 0.5) is 0 Å². The molecule has 0 spiro atoms. The fourth-order valence-corrected chi connectivity index (χ4v) is 3.82. The Hall–Kier alpha value is -3.75.